The van der Waals surface area contributed by atoms with Crippen LogP contribution < -0.4 is 5.56 Å². The number of esters is 1. The van der Waals surface area contributed by atoms with E-state index >= 15 is 0 Å². The maximum absolute atomic E-state index is 12.7. The Morgan fingerprint density at radius 2 is 1.86 bits per heavy atom. The summed E-state index contributed by atoms with van der Waals surface area (Å²) >= 11 is 1.34. The van der Waals surface area contributed by atoms with Gasteiger partial charge in [-0.2, -0.15) is 0 Å². The summed E-state index contributed by atoms with van der Waals surface area (Å²) in [5.74, 6) is -0.347. The van der Waals surface area contributed by atoms with Gasteiger partial charge in [0.2, 0.25) is 0 Å². The number of thiophene rings is 1. The predicted octanol–water partition coefficient (Wildman–Crippen LogP) is 3.24. The van der Waals surface area contributed by atoms with E-state index in [2.05, 4.69) is 4.90 Å². The van der Waals surface area contributed by atoms with Crippen LogP contribution in [0.3, 0.4) is 0 Å². The molecule has 6 nitrogen and oxygen atoms in total. The summed E-state index contributed by atoms with van der Waals surface area (Å²) in [4.78, 5) is 29.0. The quantitative estimate of drug-likeness (QED) is 0.582. The lowest BCUT2D eigenvalue weighted by Crippen LogP contribution is -2.39. The molecule has 0 amide bonds. The highest BCUT2D eigenvalue weighted by Gasteiger charge is 2.23. The fourth-order valence-corrected chi connectivity index (χ4v) is 4.88. The summed E-state index contributed by atoms with van der Waals surface area (Å²) in [5.41, 5.74) is 1.73. The maximum Gasteiger partial charge on any atom is 0.349 e. The van der Waals surface area contributed by atoms with Gasteiger partial charge in [-0.05, 0) is 18.6 Å². The number of hydrogen-bond donors (Lipinski definition) is 0. The van der Waals surface area contributed by atoms with Crippen molar-refractivity contribution in [1.29, 1.82) is 0 Å². The minimum absolute atomic E-state index is 0.0537. The Morgan fingerprint density at radius 3 is 2.59 bits per heavy atom. The lowest BCUT2D eigenvalue weighted by molar-refractivity contribution is 0.0364. The largest absolute Gasteiger partial charge is 0.462 e. The molecule has 3 aromatic rings. The third kappa shape index (κ3) is 4.12. The van der Waals surface area contributed by atoms with Crippen LogP contribution in [0.2, 0.25) is 0 Å². The monoisotopic (exact) mass is 412 g/mol. The van der Waals surface area contributed by atoms with Gasteiger partial charge in [0.15, 0.2) is 0 Å². The summed E-state index contributed by atoms with van der Waals surface area (Å²) < 4.78 is 12.5. The van der Waals surface area contributed by atoms with Gasteiger partial charge in [0.25, 0.3) is 5.56 Å². The van der Waals surface area contributed by atoms with E-state index in [4.69, 9.17) is 9.47 Å². The second kappa shape index (κ2) is 8.90. The van der Waals surface area contributed by atoms with Crippen LogP contribution in [0.25, 0.3) is 21.3 Å². The molecule has 0 spiro atoms. The van der Waals surface area contributed by atoms with E-state index in [-0.39, 0.29) is 11.5 Å². The third-order valence-electron chi connectivity index (χ3n) is 5.10. The Labute approximate surface area is 173 Å². The molecule has 3 heterocycles. The van der Waals surface area contributed by atoms with Crippen LogP contribution in [0.1, 0.15) is 16.6 Å². The zero-order valence-electron chi connectivity index (χ0n) is 16.4. The van der Waals surface area contributed by atoms with Gasteiger partial charge < -0.3 is 9.47 Å². The lowest BCUT2D eigenvalue weighted by atomic mass is 10.0. The van der Waals surface area contributed by atoms with Gasteiger partial charge in [0.05, 0.1) is 19.8 Å². The zero-order chi connectivity index (χ0) is 20.2. The van der Waals surface area contributed by atoms with E-state index in [0.717, 1.165) is 54.2 Å². The Hall–Kier alpha value is -2.48. The van der Waals surface area contributed by atoms with Crippen molar-refractivity contribution in [1.82, 2.24) is 9.47 Å². The number of fused-ring (bicyclic) bond motifs is 1. The van der Waals surface area contributed by atoms with Crippen molar-refractivity contribution in [3.05, 3.63) is 57.7 Å². The molecule has 4 rings (SSSR count). The van der Waals surface area contributed by atoms with E-state index in [0.29, 0.717) is 18.0 Å². The number of ether oxygens (including phenoxy) is 2. The molecule has 1 aliphatic heterocycles. The molecular formula is C22H24N2O4S. The third-order valence-corrected chi connectivity index (χ3v) is 6.30. The van der Waals surface area contributed by atoms with E-state index < -0.39 is 0 Å². The summed E-state index contributed by atoms with van der Waals surface area (Å²) in [6.45, 7) is 6.66. The Morgan fingerprint density at radius 1 is 1.10 bits per heavy atom. The highest BCUT2D eigenvalue weighted by molar-refractivity contribution is 7.21. The van der Waals surface area contributed by atoms with Crippen LogP contribution in [0, 0.1) is 0 Å². The fourth-order valence-electron chi connectivity index (χ4n) is 3.64. The number of pyridine rings is 1. The Kier molecular flexibility index (Phi) is 6.08. The van der Waals surface area contributed by atoms with Crippen LogP contribution in [-0.4, -0.2) is 54.9 Å². The van der Waals surface area contributed by atoms with Crippen molar-refractivity contribution in [2.75, 3.05) is 39.5 Å². The first-order valence-electron chi connectivity index (χ1n) is 9.88. The van der Waals surface area contributed by atoms with E-state index in [1.165, 1.54) is 11.3 Å². The van der Waals surface area contributed by atoms with Gasteiger partial charge >= 0.3 is 5.97 Å². The van der Waals surface area contributed by atoms with Gasteiger partial charge in [-0.15, -0.1) is 11.3 Å². The van der Waals surface area contributed by atoms with E-state index in [1.807, 2.05) is 36.4 Å². The molecule has 0 unspecified atom stereocenters. The fraction of sp³-hybridized carbons (Fsp3) is 0.364. The van der Waals surface area contributed by atoms with Crippen molar-refractivity contribution in [3.8, 4) is 11.1 Å². The Bertz CT molecular complexity index is 1050. The van der Waals surface area contributed by atoms with Crippen molar-refractivity contribution >= 4 is 27.5 Å². The number of carbonyl (C=O) groups is 1. The van der Waals surface area contributed by atoms with Gasteiger partial charge in [-0.25, -0.2) is 4.79 Å². The van der Waals surface area contributed by atoms with Gasteiger partial charge in [0, 0.05) is 43.2 Å². The number of morpholine rings is 1. The molecule has 2 aromatic heterocycles. The number of rotatable bonds is 6. The molecule has 0 bridgehead atoms. The summed E-state index contributed by atoms with van der Waals surface area (Å²) in [6, 6.07) is 13.2. The van der Waals surface area contributed by atoms with Crippen molar-refractivity contribution in [2.24, 2.45) is 0 Å². The average Bonchev–Trinajstić information content (AvgIpc) is 3.14. The molecule has 0 atom stereocenters. The normalized spacial score (nSPS) is 14.9. The lowest BCUT2D eigenvalue weighted by Gasteiger charge is -2.26. The second-order valence-corrected chi connectivity index (χ2v) is 7.89. The van der Waals surface area contributed by atoms with Crippen molar-refractivity contribution < 1.29 is 14.3 Å². The van der Waals surface area contributed by atoms with Crippen LogP contribution >= 0.6 is 11.3 Å². The van der Waals surface area contributed by atoms with E-state index in [9.17, 15) is 9.59 Å². The first kappa shape index (κ1) is 19.8. The molecule has 0 saturated carbocycles. The SMILES string of the molecule is CCOC(=O)c1sc2c(ccc(=O)n2CCN2CCOCC2)c1-c1ccccc1. The molecule has 1 fully saturated rings. The first-order valence-corrected chi connectivity index (χ1v) is 10.7. The van der Waals surface area contributed by atoms with Gasteiger partial charge in [0.1, 0.15) is 9.71 Å². The number of benzene rings is 1. The van der Waals surface area contributed by atoms with Crippen LogP contribution in [0.5, 0.6) is 0 Å². The Balaban J connectivity index is 1.80. The molecule has 7 heteroatoms. The van der Waals surface area contributed by atoms with Crippen LogP contribution in [-0.2, 0) is 16.0 Å². The molecular weight excluding hydrogens is 388 g/mol. The molecule has 1 aliphatic rings. The minimum atomic E-state index is -0.347. The highest BCUT2D eigenvalue weighted by atomic mass is 32.1. The zero-order valence-corrected chi connectivity index (χ0v) is 17.2. The van der Waals surface area contributed by atoms with E-state index in [1.54, 1.807) is 17.6 Å². The highest BCUT2D eigenvalue weighted by Crippen LogP contribution is 2.38. The minimum Gasteiger partial charge on any atom is -0.462 e. The van der Waals surface area contributed by atoms with Crippen LogP contribution in [0.4, 0.5) is 0 Å². The molecule has 0 N–H and O–H groups in total. The van der Waals surface area contributed by atoms with Gasteiger partial charge in [-0.3, -0.25) is 14.3 Å². The van der Waals surface area contributed by atoms with Crippen LogP contribution in [0.15, 0.2) is 47.3 Å². The number of hydrogen-bond acceptors (Lipinski definition) is 6. The predicted molar refractivity (Wildman–Crippen MR) is 115 cm³/mol. The molecule has 152 valence electrons. The first-order chi connectivity index (χ1) is 14.2. The second-order valence-electron chi connectivity index (χ2n) is 6.89. The number of carbonyl (C=O) groups excluding carboxylic acids is 1. The molecule has 29 heavy (non-hydrogen) atoms. The van der Waals surface area contributed by atoms with Gasteiger partial charge in [-0.1, -0.05) is 30.3 Å². The molecule has 1 saturated heterocycles. The topological polar surface area (TPSA) is 60.8 Å². The number of nitrogens with zero attached hydrogens (tertiary/aromatic N) is 2. The average molecular weight is 413 g/mol. The molecule has 0 radical (unpaired) electrons. The summed E-state index contributed by atoms with van der Waals surface area (Å²) in [5, 5.41) is 0.908. The standard InChI is InChI=1S/C22H24N2O4S/c1-2-28-22(26)20-19(16-6-4-3-5-7-16)17-8-9-18(25)24(21(17)29-20)11-10-23-12-14-27-15-13-23/h3-9H,2,10-15H2,1H3. The van der Waals surface area contributed by atoms with Crippen molar-refractivity contribution in [2.45, 2.75) is 13.5 Å². The molecule has 0 aliphatic carbocycles. The molecule has 1 aromatic carbocycles. The number of aromatic nitrogens is 1. The summed E-state index contributed by atoms with van der Waals surface area (Å²) in [6.07, 6.45) is 0. The smallest absolute Gasteiger partial charge is 0.349 e. The summed E-state index contributed by atoms with van der Waals surface area (Å²) in [7, 11) is 0. The van der Waals surface area contributed by atoms with Crippen molar-refractivity contribution in [3.63, 3.8) is 0 Å². The maximum atomic E-state index is 12.7.